The first-order chi connectivity index (χ1) is 15.4. The molecule has 8 nitrogen and oxygen atoms in total. The van der Waals surface area contributed by atoms with Gasteiger partial charge >= 0.3 is 6.36 Å². The Balaban J connectivity index is 1.64. The molecule has 0 spiro atoms. The number of nitrogens with zero attached hydrogens (tertiary/aromatic N) is 2. The van der Waals surface area contributed by atoms with E-state index < -0.39 is 18.0 Å². The molecule has 11 heteroatoms. The molecule has 4 aromatic rings. The van der Waals surface area contributed by atoms with Gasteiger partial charge in [-0.25, -0.2) is 4.63 Å². The molecule has 0 fully saturated rings. The number of halogens is 3. The van der Waals surface area contributed by atoms with Crippen molar-refractivity contribution in [2.24, 2.45) is 0 Å². The van der Waals surface area contributed by atoms with Gasteiger partial charge in [-0.1, -0.05) is 24.3 Å². The molecular formula is C21H15F3N4O4. The third-order valence-corrected chi connectivity index (χ3v) is 4.40. The molecule has 0 unspecified atom stereocenters. The molecule has 3 aromatic carbocycles. The van der Waals surface area contributed by atoms with Crippen molar-refractivity contribution in [1.82, 2.24) is 10.3 Å². The van der Waals surface area contributed by atoms with E-state index in [-0.39, 0.29) is 16.7 Å². The first-order valence-electron chi connectivity index (χ1n) is 9.17. The van der Waals surface area contributed by atoms with Crippen LogP contribution in [0.2, 0.25) is 0 Å². The van der Waals surface area contributed by atoms with E-state index >= 15 is 0 Å². The Labute approximate surface area is 178 Å². The predicted octanol–water partition coefficient (Wildman–Crippen LogP) is 5.13. The number of carbonyl (C=O) groups excluding carboxylic acids is 1. The summed E-state index contributed by atoms with van der Waals surface area (Å²) in [5, 5.41) is 13.2. The van der Waals surface area contributed by atoms with Crippen molar-refractivity contribution in [2.45, 2.75) is 6.36 Å². The van der Waals surface area contributed by atoms with Gasteiger partial charge in [0.15, 0.2) is 16.8 Å². The van der Waals surface area contributed by atoms with Crippen LogP contribution in [0.4, 0.5) is 30.2 Å². The maximum atomic E-state index is 12.7. The van der Waals surface area contributed by atoms with Crippen molar-refractivity contribution in [3.05, 3.63) is 66.2 Å². The van der Waals surface area contributed by atoms with Crippen molar-refractivity contribution in [3.63, 3.8) is 0 Å². The number of methoxy groups -OCH3 is 1. The van der Waals surface area contributed by atoms with E-state index in [1.165, 1.54) is 37.4 Å². The molecule has 164 valence electrons. The van der Waals surface area contributed by atoms with Crippen LogP contribution < -0.4 is 20.1 Å². The highest BCUT2D eigenvalue weighted by Gasteiger charge is 2.32. The minimum absolute atomic E-state index is 0.0555. The fraction of sp³-hybridized carbons (Fsp3) is 0.0952. The van der Waals surface area contributed by atoms with E-state index in [1.54, 1.807) is 30.3 Å². The normalized spacial score (nSPS) is 11.2. The Morgan fingerprint density at radius 1 is 0.875 bits per heavy atom. The molecule has 32 heavy (non-hydrogen) atoms. The molecule has 0 bridgehead atoms. The van der Waals surface area contributed by atoms with Crippen molar-refractivity contribution < 1.29 is 32.1 Å². The fourth-order valence-corrected chi connectivity index (χ4v) is 3.02. The molecule has 0 aliphatic carbocycles. The second-order valence-corrected chi connectivity index (χ2v) is 6.45. The lowest BCUT2D eigenvalue weighted by atomic mass is 10.1. The van der Waals surface area contributed by atoms with Gasteiger partial charge in [0.25, 0.3) is 5.91 Å². The lowest BCUT2D eigenvalue weighted by molar-refractivity contribution is -0.274. The van der Waals surface area contributed by atoms with E-state index in [9.17, 15) is 18.0 Å². The summed E-state index contributed by atoms with van der Waals surface area (Å²) >= 11 is 0. The second kappa shape index (κ2) is 8.46. The number of benzene rings is 3. The number of fused-ring (bicyclic) bond motifs is 1. The highest BCUT2D eigenvalue weighted by Crippen LogP contribution is 2.35. The highest BCUT2D eigenvalue weighted by atomic mass is 19.4. The van der Waals surface area contributed by atoms with Crippen molar-refractivity contribution in [2.75, 3.05) is 17.7 Å². The first kappa shape index (κ1) is 21.0. The van der Waals surface area contributed by atoms with Gasteiger partial charge in [-0.05, 0) is 46.7 Å². The molecule has 0 aliphatic rings. The number of hydrogen-bond acceptors (Lipinski definition) is 7. The lowest BCUT2D eigenvalue weighted by Crippen LogP contribution is -2.17. The minimum Gasteiger partial charge on any atom is -0.496 e. The third-order valence-electron chi connectivity index (χ3n) is 4.40. The van der Waals surface area contributed by atoms with E-state index in [0.29, 0.717) is 22.7 Å². The maximum Gasteiger partial charge on any atom is 0.573 e. The number of ether oxygens (including phenoxy) is 2. The standard InChI is InChI=1S/C21H15F3N4O4/c1-30-16-8-4-2-6-12(16)20(29)26-15-11-10-14(18-19(15)28-32-27-18)25-13-7-3-5-9-17(13)31-21(22,23)24/h2-11,25H,1H3,(H,26,29). The average molecular weight is 444 g/mol. The summed E-state index contributed by atoms with van der Waals surface area (Å²) in [5.41, 5.74) is 1.36. The van der Waals surface area contributed by atoms with Crippen LogP contribution in [-0.2, 0) is 0 Å². The number of anilines is 3. The third kappa shape index (κ3) is 4.41. The molecule has 1 amide bonds. The van der Waals surface area contributed by atoms with Crippen molar-refractivity contribution in [3.8, 4) is 11.5 Å². The zero-order valence-electron chi connectivity index (χ0n) is 16.4. The topological polar surface area (TPSA) is 98.5 Å². The van der Waals surface area contributed by atoms with Crippen LogP contribution in [0.25, 0.3) is 11.0 Å². The summed E-state index contributed by atoms with van der Waals surface area (Å²) in [5.74, 6) is -0.478. The van der Waals surface area contributed by atoms with Gasteiger partial charge in [-0.3, -0.25) is 4.79 Å². The van der Waals surface area contributed by atoms with Gasteiger partial charge < -0.3 is 20.1 Å². The molecule has 2 N–H and O–H groups in total. The summed E-state index contributed by atoms with van der Waals surface area (Å²) in [6.07, 6.45) is -4.85. The molecule has 0 aliphatic heterocycles. The smallest absolute Gasteiger partial charge is 0.496 e. The second-order valence-electron chi connectivity index (χ2n) is 6.45. The highest BCUT2D eigenvalue weighted by molar-refractivity contribution is 6.10. The van der Waals surface area contributed by atoms with Crippen LogP contribution in [0.3, 0.4) is 0 Å². The SMILES string of the molecule is COc1ccccc1C(=O)Nc1ccc(Nc2ccccc2OC(F)(F)F)c2nonc12. The van der Waals surface area contributed by atoms with E-state index in [2.05, 4.69) is 25.7 Å². The number of alkyl halides is 3. The first-order valence-corrected chi connectivity index (χ1v) is 9.17. The number of hydrogen-bond donors (Lipinski definition) is 2. The number of aromatic nitrogens is 2. The zero-order chi connectivity index (χ0) is 22.7. The van der Waals surface area contributed by atoms with Gasteiger partial charge in [0.05, 0.1) is 29.7 Å². The molecule has 0 saturated carbocycles. The lowest BCUT2D eigenvalue weighted by Gasteiger charge is -2.15. The van der Waals surface area contributed by atoms with Crippen LogP contribution in [0.5, 0.6) is 11.5 Å². The minimum atomic E-state index is -4.85. The van der Waals surface area contributed by atoms with Gasteiger partial charge in [0.1, 0.15) is 5.75 Å². The summed E-state index contributed by atoms with van der Waals surface area (Å²) in [7, 11) is 1.45. The van der Waals surface area contributed by atoms with Crippen LogP contribution in [0.1, 0.15) is 10.4 Å². The van der Waals surface area contributed by atoms with E-state index in [4.69, 9.17) is 9.37 Å². The summed E-state index contributed by atoms with van der Waals surface area (Å²) in [4.78, 5) is 12.7. The molecule has 0 atom stereocenters. The van der Waals surface area contributed by atoms with E-state index in [0.717, 1.165) is 0 Å². The molecule has 1 heterocycles. The number of amides is 1. The van der Waals surface area contributed by atoms with Crippen LogP contribution in [0, 0.1) is 0 Å². The van der Waals surface area contributed by atoms with Crippen molar-refractivity contribution >= 4 is 34.0 Å². The molecule has 0 saturated heterocycles. The Hall–Kier alpha value is -4.28. The van der Waals surface area contributed by atoms with Gasteiger partial charge in [0, 0.05) is 0 Å². The monoisotopic (exact) mass is 444 g/mol. The Morgan fingerprint density at radius 3 is 2.22 bits per heavy atom. The van der Waals surface area contributed by atoms with Crippen LogP contribution >= 0.6 is 0 Å². The molecule has 4 rings (SSSR count). The maximum absolute atomic E-state index is 12.7. The summed E-state index contributed by atoms with van der Waals surface area (Å²) in [6, 6.07) is 15.3. The van der Waals surface area contributed by atoms with Crippen molar-refractivity contribution in [1.29, 1.82) is 0 Å². The molecular weight excluding hydrogens is 429 g/mol. The zero-order valence-corrected chi connectivity index (χ0v) is 16.4. The van der Waals surface area contributed by atoms with Crippen LogP contribution in [-0.4, -0.2) is 29.7 Å². The average Bonchev–Trinajstić information content (AvgIpc) is 3.26. The Morgan fingerprint density at radius 2 is 1.50 bits per heavy atom. The van der Waals surface area contributed by atoms with E-state index in [1.807, 2.05) is 0 Å². The van der Waals surface area contributed by atoms with Gasteiger partial charge in [-0.15, -0.1) is 13.2 Å². The number of nitrogens with one attached hydrogen (secondary N) is 2. The number of para-hydroxylation sites is 3. The van der Waals surface area contributed by atoms with Gasteiger partial charge in [-0.2, -0.15) is 0 Å². The Bertz CT molecular complexity index is 1270. The number of carbonyl (C=O) groups is 1. The Kier molecular flexibility index (Phi) is 5.54. The summed E-state index contributed by atoms with van der Waals surface area (Å²) in [6.45, 7) is 0. The molecule has 1 aromatic heterocycles. The largest absolute Gasteiger partial charge is 0.573 e. The number of rotatable bonds is 6. The summed E-state index contributed by atoms with van der Waals surface area (Å²) < 4.78 is 52.1. The predicted molar refractivity (Wildman–Crippen MR) is 109 cm³/mol. The van der Waals surface area contributed by atoms with Gasteiger partial charge in [0.2, 0.25) is 0 Å². The molecule has 0 radical (unpaired) electrons. The quantitative estimate of drug-likeness (QED) is 0.426. The fourth-order valence-electron chi connectivity index (χ4n) is 3.02. The van der Waals surface area contributed by atoms with Crippen LogP contribution in [0.15, 0.2) is 65.3 Å².